The Labute approximate surface area is 185 Å². The van der Waals surface area contributed by atoms with Crippen molar-refractivity contribution in [2.75, 3.05) is 11.1 Å². The van der Waals surface area contributed by atoms with E-state index in [1.807, 2.05) is 0 Å². The number of aromatic nitrogens is 3. The maximum absolute atomic E-state index is 14.1. The fourth-order valence-electron chi connectivity index (χ4n) is 4.49. The molecular formula is C21H21F2N5O3S. The average molecular weight is 461 g/mol. The van der Waals surface area contributed by atoms with E-state index in [0.717, 1.165) is 23.5 Å². The van der Waals surface area contributed by atoms with Gasteiger partial charge in [-0.3, -0.25) is 9.89 Å². The number of ether oxygens (including phenoxy) is 1. The highest BCUT2D eigenvalue weighted by Gasteiger charge is 2.51. The van der Waals surface area contributed by atoms with Gasteiger partial charge in [0.1, 0.15) is 32.9 Å². The van der Waals surface area contributed by atoms with Crippen molar-refractivity contribution in [3.8, 4) is 10.6 Å². The van der Waals surface area contributed by atoms with Crippen molar-refractivity contribution >= 4 is 27.9 Å². The van der Waals surface area contributed by atoms with E-state index in [1.54, 1.807) is 6.92 Å². The van der Waals surface area contributed by atoms with Crippen LogP contribution in [-0.2, 0) is 10.3 Å². The summed E-state index contributed by atoms with van der Waals surface area (Å²) < 4.78 is 34.4. The molecule has 1 aromatic carbocycles. The second-order valence-corrected chi connectivity index (χ2v) is 9.18. The van der Waals surface area contributed by atoms with E-state index < -0.39 is 29.2 Å². The first-order valence-corrected chi connectivity index (χ1v) is 11.0. The van der Waals surface area contributed by atoms with Gasteiger partial charge in [-0.05, 0) is 44.7 Å². The number of hydrogen-bond acceptors (Lipinski definition) is 7. The molecular weight excluding hydrogens is 440 g/mol. The van der Waals surface area contributed by atoms with Gasteiger partial charge in [0.2, 0.25) is 0 Å². The molecule has 0 aliphatic carbocycles. The molecule has 4 heterocycles. The summed E-state index contributed by atoms with van der Waals surface area (Å²) in [6, 6.07) is 3.49. The van der Waals surface area contributed by atoms with Gasteiger partial charge in [-0.25, -0.2) is 13.8 Å². The molecule has 0 radical (unpaired) electrons. The zero-order valence-electron chi connectivity index (χ0n) is 17.1. The Morgan fingerprint density at radius 2 is 2.06 bits per heavy atom. The van der Waals surface area contributed by atoms with Gasteiger partial charge in [0.15, 0.2) is 5.69 Å². The molecule has 2 bridgehead atoms. The lowest BCUT2D eigenvalue weighted by Gasteiger charge is -2.35. The summed E-state index contributed by atoms with van der Waals surface area (Å²) in [5, 5.41) is 20.2. The summed E-state index contributed by atoms with van der Waals surface area (Å²) in [4.78, 5) is 17.1. The van der Waals surface area contributed by atoms with Crippen LogP contribution in [0.4, 0.5) is 19.5 Å². The largest absolute Gasteiger partial charge is 0.390 e. The zero-order chi connectivity index (χ0) is 22.6. The SMILES string of the molecule is Cc1[nH]nc(C23CCC(O)C(CC2)O3)c1NC(=O)c1nc(-c2c(F)cccc2F)sc1N. The number of nitrogen functional groups attached to an aromatic ring is 1. The standard InChI is InChI=1S/C21H21F2N5O3S/c1-9-15(17(28-27-9)21-7-5-12(29)13(31-21)6-8-21)25-19(30)16-18(24)32-20(26-16)14-10(22)3-2-4-11(14)23/h2-4,12-13,29H,5-8,24H2,1H3,(H,25,30)(H,27,28). The number of benzene rings is 1. The topological polar surface area (TPSA) is 126 Å². The van der Waals surface area contributed by atoms with Crippen LogP contribution in [0.1, 0.15) is 47.6 Å². The first kappa shape index (κ1) is 21.0. The third-order valence-electron chi connectivity index (χ3n) is 6.15. The number of aliphatic hydroxyl groups excluding tert-OH is 1. The van der Waals surface area contributed by atoms with Crippen LogP contribution in [0.15, 0.2) is 18.2 Å². The predicted octanol–water partition coefficient (Wildman–Crippen LogP) is 3.48. The molecule has 32 heavy (non-hydrogen) atoms. The number of anilines is 2. The number of halogens is 2. The molecule has 3 unspecified atom stereocenters. The van der Waals surface area contributed by atoms with E-state index in [2.05, 4.69) is 20.5 Å². The first-order chi connectivity index (χ1) is 15.3. The molecule has 3 aromatic rings. The molecule has 2 fully saturated rings. The number of fused-ring (bicyclic) bond motifs is 2. The van der Waals surface area contributed by atoms with Crippen LogP contribution < -0.4 is 11.1 Å². The number of carbonyl (C=O) groups is 1. The van der Waals surface area contributed by atoms with Gasteiger partial charge in [-0.15, -0.1) is 0 Å². The Kier molecular flexibility index (Phi) is 4.99. The highest BCUT2D eigenvalue weighted by atomic mass is 32.1. The number of hydrogen-bond donors (Lipinski definition) is 4. The summed E-state index contributed by atoms with van der Waals surface area (Å²) in [6.45, 7) is 1.76. The molecule has 2 aliphatic rings. The molecule has 168 valence electrons. The summed E-state index contributed by atoms with van der Waals surface area (Å²) in [7, 11) is 0. The number of rotatable bonds is 4. The van der Waals surface area contributed by atoms with Crippen molar-refractivity contribution in [1.82, 2.24) is 15.2 Å². The monoisotopic (exact) mass is 461 g/mol. The number of nitrogens with one attached hydrogen (secondary N) is 2. The quantitative estimate of drug-likeness (QED) is 0.471. The minimum atomic E-state index is -0.787. The second kappa shape index (κ2) is 7.61. The van der Waals surface area contributed by atoms with E-state index in [4.69, 9.17) is 10.5 Å². The Balaban J connectivity index is 1.45. The van der Waals surface area contributed by atoms with E-state index in [1.165, 1.54) is 6.07 Å². The number of aliphatic hydroxyl groups is 1. The first-order valence-electron chi connectivity index (χ1n) is 10.2. The smallest absolute Gasteiger partial charge is 0.277 e. The Hall–Kier alpha value is -2.89. The van der Waals surface area contributed by atoms with Crippen LogP contribution in [0.2, 0.25) is 0 Å². The van der Waals surface area contributed by atoms with Crippen molar-refractivity contribution in [2.24, 2.45) is 0 Å². The van der Waals surface area contributed by atoms with Gasteiger partial charge in [-0.1, -0.05) is 17.4 Å². The number of nitrogens with two attached hydrogens (primary N) is 1. The van der Waals surface area contributed by atoms with E-state index in [0.29, 0.717) is 42.8 Å². The van der Waals surface area contributed by atoms with Crippen LogP contribution in [0.3, 0.4) is 0 Å². The molecule has 11 heteroatoms. The number of H-pyrrole nitrogens is 1. The number of aromatic amines is 1. The van der Waals surface area contributed by atoms with Crippen LogP contribution in [0.25, 0.3) is 10.6 Å². The van der Waals surface area contributed by atoms with E-state index in [9.17, 15) is 18.7 Å². The molecule has 5 N–H and O–H groups in total. The fraction of sp³-hybridized carbons (Fsp3) is 0.381. The summed E-state index contributed by atoms with van der Waals surface area (Å²) in [5.41, 5.74) is 6.48. The molecule has 0 saturated carbocycles. The number of aryl methyl sites for hydroxylation is 1. The van der Waals surface area contributed by atoms with Gasteiger partial charge < -0.3 is 20.9 Å². The molecule has 0 spiro atoms. The molecule has 2 aliphatic heterocycles. The third kappa shape index (κ3) is 3.28. The van der Waals surface area contributed by atoms with Gasteiger partial charge in [0.05, 0.1) is 29.2 Å². The van der Waals surface area contributed by atoms with Gasteiger partial charge in [0, 0.05) is 0 Å². The van der Waals surface area contributed by atoms with Crippen LogP contribution in [0, 0.1) is 18.6 Å². The lowest BCUT2D eigenvalue weighted by molar-refractivity contribution is -0.136. The minimum absolute atomic E-state index is 0.0192. The van der Waals surface area contributed by atoms with E-state index in [-0.39, 0.29) is 27.4 Å². The number of nitrogens with zero attached hydrogens (tertiary/aromatic N) is 2. The Morgan fingerprint density at radius 3 is 2.81 bits per heavy atom. The molecule has 8 nitrogen and oxygen atoms in total. The van der Waals surface area contributed by atoms with Gasteiger partial charge in [0.25, 0.3) is 5.91 Å². The van der Waals surface area contributed by atoms with Crippen molar-refractivity contribution in [2.45, 2.75) is 50.4 Å². The van der Waals surface area contributed by atoms with Crippen LogP contribution in [0.5, 0.6) is 0 Å². The number of thiazole rings is 1. The lowest BCUT2D eigenvalue weighted by Crippen LogP contribution is -2.39. The molecule has 5 rings (SSSR count). The average Bonchev–Trinajstić information content (AvgIpc) is 3.42. The predicted molar refractivity (Wildman–Crippen MR) is 114 cm³/mol. The van der Waals surface area contributed by atoms with Crippen molar-refractivity contribution < 1.29 is 23.4 Å². The van der Waals surface area contributed by atoms with Crippen LogP contribution >= 0.6 is 11.3 Å². The summed E-state index contributed by atoms with van der Waals surface area (Å²) in [6.07, 6.45) is 1.79. The highest BCUT2D eigenvalue weighted by Crippen LogP contribution is 2.50. The molecule has 2 saturated heterocycles. The van der Waals surface area contributed by atoms with Crippen LogP contribution in [-0.4, -0.2) is 38.4 Å². The Morgan fingerprint density at radius 1 is 1.34 bits per heavy atom. The summed E-state index contributed by atoms with van der Waals surface area (Å²) >= 11 is 0.834. The zero-order valence-corrected chi connectivity index (χ0v) is 17.9. The molecule has 2 aromatic heterocycles. The van der Waals surface area contributed by atoms with Crippen molar-refractivity contribution in [3.63, 3.8) is 0 Å². The Bertz CT molecular complexity index is 1190. The summed E-state index contributed by atoms with van der Waals surface area (Å²) in [5.74, 6) is -2.19. The van der Waals surface area contributed by atoms with Crippen molar-refractivity contribution in [3.05, 3.63) is 46.9 Å². The third-order valence-corrected chi connectivity index (χ3v) is 7.05. The number of amides is 1. The van der Waals surface area contributed by atoms with Gasteiger partial charge >= 0.3 is 0 Å². The maximum atomic E-state index is 14.1. The molecule has 1 amide bonds. The maximum Gasteiger partial charge on any atom is 0.277 e. The van der Waals surface area contributed by atoms with Gasteiger partial charge in [-0.2, -0.15) is 5.10 Å². The molecule has 3 atom stereocenters. The normalized spacial score (nSPS) is 24.6. The van der Waals surface area contributed by atoms with E-state index >= 15 is 0 Å². The minimum Gasteiger partial charge on any atom is -0.390 e. The second-order valence-electron chi connectivity index (χ2n) is 8.15. The van der Waals surface area contributed by atoms with Crippen molar-refractivity contribution in [1.29, 1.82) is 0 Å². The number of carbonyl (C=O) groups excluding carboxylic acids is 1. The highest BCUT2D eigenvalue weighted by molar-refractivity contribution is 7.19. The fourth-order valence-corrected chi connectivity index (χ4v) is 5.36. The lowest BCUT2D eigenvalue weighted by atomic mass is 9.89.